The van der Waals surface area contributed by atoms with Gasteiger partial charge in [-0.05, 0) is 38.6 Å². The summed E-state index contributed by atoms with van der Waals surface area (Å²) in [5.74, 6) is 0. The molecule has 0 saturated heterocycles. The fourth-order valence-corrected chi connectivity index (χ4v) is 1.96. The zero-order chi connectivity index (χ0) is 10.8. The van der Waals surface area contributed by atoms with Crippen LogP contribution in [0.1, 0.15) is 43.5 Å². The van der Waals surface area contributed by atoms with Gasteiger partial charge >= 0.3 is 0 Å². The molecular weight excluding hydrogens is 190 g/mol. The first kappa shape index (κ1) is 10.5. The van der Waals surface area contributed by atoms with Crippen LogP contribution in [0.4, 0.5) is 0 Å². The lowest BCUT2D eigenvalue weighted by molar-refractivity contribution is 0.611. The summed E-state index contributed by atoms with van der Waals surface area (Å²) in [7, 11) is 0. The fourth-order valence-electron chi connectivity index (χ4n) is 1.96. The Morgan fingerprint density at radius 3 is 2.80 bits per heavy atom. The van der Waals surface area contributed by atoms with Crippen molar-refractivity contribution in [1.29, 1.82) is 0 Å². The maximum atomic E-state index is 12.0. The van der Waals surface area contributed by atoms with Gasteiger partial charge in [-0.2, -0.15) is 0 Å². The van der Waals surface area contributed by atoms with E-state index in [1.54, 1.807) is 0 Å². The molecule has 1 saturated carbocycles. The highest BCUT2D eigenvalue weighted by molar-refractivity contribution is 5.18. The van der Waals surface area contributed by atoms with Crippen LogP contribution in [0, 0.1) is 0 Å². The average molecular weight is 209 g/mol. The molecule has 4 heteroatoms. The molecule has 0 unspecified atom stereocenters. The lowest BCUT2D eigenvalue weighted by Crippen LogP contribution is -2.18. The predicted octanol–water partition coefficient (Wildman–Crippen LogP) is 0.965. The van der Waals surface area contributed by atoms with Gasteiger partial charge in [-0.15, -0.1) is 0 Å². The summed E-state index contributed by atoms with van der Waals surface area (Å²) in [6.07, 6.45) is 4.88. The number of H-pyrrole nitrogens is 1. The molecule has 0 aromatic carbocycles. The van der Waals surface area contributed by atoms with Crippen molar-refractivity contribution in [2.45, 2.75) is 45.1 Å². The van der Waals surface area contributed by atoms with Crippen LogP contribution in [0.5, 0.6) is 0 Å². The van der Waals surface area contributed by atoms with E-state index in [1.165, 1.54) is 0 Å². The second-order valence-corrected chi connectivity index (χ2v) is 4.22. The van der Waals surface area contributed by atoms with E-state index in [0.717, 1.165) is 43.4 Å². The highest BCUT2D eigenvalue weighted by Gasteiger charge is 2.27. The van der Waals surface area contributed by atoms with Crippen LogP contribution in [-0.4, -0.2) is 16.3 Å². The summed E-state index contributed by atoms with van der Waals surface area (Å²) in [6.45, 7) is 2.73. The third-order valence-corrected chi connectivity index (χ3v) is 2.99. The number of aromatic amines is 1. The van der Waals surface area contributed by atoms with Crippen LogP contribution in [0.25, 0.3) is 0 Å². The van der Waals surface area contributed by atoms with Gasteiger partial charge in [-0.3, -0.25) is 9.89 Å². The number of aromatic nitrogens is 2. The summed E-state index contributed by atoms with van der Waals surface area (Å²) in [5, 5.41) is 3.23. The molecule has 2 rings (SSSR count). The van der Waals surface area contributed by atoms with Gasteiger partial charge in [0.1, 0.15) is 0 Å². The summed E-state index contributed by atoms with van der Waals surface area (Å²) in [4.78, 5) is 12.0. The first-order valence-corrected chi connectivity index (χ1v) is 5.80. The van der Waals surface area contributed by atoms with E-state index in [-0.39, 0.29) is 5.56 Å². The number of nitrogens with one attached hydrogen (secondary N) is 1. The van der Waals surface area contributed by atoms with E-state index in [0.29, 0.717) is 12.6 Å². The minimum Gasteiger partial charge on any atom is -0.330 e. The molecule has 1 aliphatic rings. The molecule has 4 nitrogen and oxygen atoms in total. The third-order valence-electron chi connectivity index (χ3n) is 2.99. The van der Waals surface area contributed by atoms with Crippen LogP contribution < -0.4 is 11.3 Å². The molecule has 1 heterocycles. The highest BCUT2D eigenvalue weighted by Crippen LogP contribution is 2.33. The summed E-state index contributed by atoms with van der Waals surface area (Å²) >= 11 is 0. The third kappa shape index (κ3) is 2.00. The van der Waals surface area contributed by atoms with Crippen LogP contribution in [0.3, 0.4) is 0 Å². The number of hydrogen-bond acceptors (Lipinski definition) is 2. The molecule has 0 atom stereocenters. The standard InChI is InChI=1S/C11H19N3O/c1-2-10-9(4-3-7-12)11(15)14(13-10)8-5-6-8/h8,13H,2-7,12H2,1H3. The zero-order valence-corrected chi connectivity index (χ0v) is 9.25. The minimum absolute atomic E-state index is 0.183. The second-order valence-electron chi connectivity index (χ2n) is 4.22. The molecule has 0 aliphatic heterocycles. The van der Waals surface area contributed by atoms with Crippen molar-refractivity contribution < 1.29 is 0 Å². The fraction of sp³-hybridized carbons (Fsp3) is 0.727. The largest absolute Gasteiger partial charge is 0.330 e. The molecule has 1 aromatic heterocycles. The monoisotopic (exact) mass is 209 g/mol. The Hall–Kier alpha value is -1.03. The number of aryl methyl sites for hydroxylation is 1. The van der Waals surface area contributed by atoms with Gasteiger partial charge in [0, 0.05) is 11.3 Å². The van der Waals surface area contributed by atoms with Gasteiger partial charge < -0.3 is 5.73 Å². The molecule has 1 aromatic rings. The van der Waals surface area contributed by atoms with Gasteiger partial charge in [0.2, 0.25) is 0 Å². The molecule has 0 spiro atoms. The van der Waals surface area contributed by atoms with Gasteiger partial charge in [-0.25, -0.2) is 4.68 Å². The van der Waals surface area contributed by atoms with Gasteiger partial charge in [-0.1, -0.05) is 6.92 Å². The van der Waals surface area contributed by atoms with Crippen molar-refractivity contribution in [3.63, 3.8) is 0 Å². The van der Waals surface area contributed by atoms with Crippen LogP contribution in [0.2, 0.25) is 0 Å². The molecule has 84 valence electrons. The Morgan fingerprint density at radius 2 is 2.27 bits per heavy atom. The van der Waals surface area contributed by atoms with Crippen molar-refractivity contribution in [1.82, 2.24) is 9.78 Å². The van der Waals surface area contributed by atoms with Crippen molar-refractivity contribution in [3.05, 3.63) is 21.6 Å². The van der Waals surface area contributed by atoms with E-state index in [9.17, 15) is 4.79 Å². The van der Waals surface area contributed by atoms with E-state index in [4.69, 9.17) is 5.73 Å². The Labute approximate surface area is 89.5 Å². The number of nitrogens with two attached hydrogens (primary N) is 1. The Morgan fingerprint density at radius 1 is 1.53 bits per heavy atom. The van der Waals surface area contributed by atoms with Crippen molar-refractivity contribution >= 4 is 0 Å². The Bertz CT molecular complexity index is 387. The van der Waals surface area contributed by atoms with Crippen LogP contribution in [-0.2, 0) is 12.8 Å². The number of hydrogen-bond donors (Lipinski definition) is 2. The maximum absolute atomic E-state index is 12.0. The van der Waals surface area contributed by atoms with Gasteiger partial charge in [0.15, 0.2) is 0 Å². The first-order valence-electron chi connectivity index (χ1n) is 5.80. The van der Waals surface area contributed by atoms with E-state index >= 15 is 0 Å². The van der Waals surface area contributed by atoms with Crippen LogP contribution in [0.15, 0.2) is 4.79 Å². The maximum Gasteiger partial charge on any atom is 0.270 e. The highest BCUT2D eigenvalue weighted by atomic mass is 16.1. The van der Waals surface area contributed by atoms with Gasteiger partial charge in [0.25, 0.3) is 5.56 Å². The molecular formula is C11H19N3O. The summed E-state index contributed by atoms with van der Waals surface area (Å²) in [6, 6.07) is 0.439. The smallest absolute Gasteiger partial charge is 0.270 e. The Balaban J connectivity index is 2.28. The zero-order valence-electron chi connectivity index (χ0n) is 9.25. The molecule has 1 fully saturated rings. The van der Waals surface area contributed by atoms with E-state index in [1.807, 2.05) is 4.68 Å². The number of rotatable bonds is 5. The topological polar surface area (TPSA) is 63.8 Å². The molecule has 1 aliphatic carbocycles. The molecule has 3 N–H and O–H groups in total. The van der Waals surface area contributed by atoms with E-state index < -0.39 is 0 Å². The lowest BCUT2D eigenvalue weighted by atomic mass is 10.1. The molecule has 0 amide bonds. The Kier molecular flexibility index (Phi) is 2.95. The van der Waals surface area contributed by atoms with Crippen LogP contribution >= 0.6 is 0 Å². The first-order chi connectivity index (χ1) is 7.27. The van der Waals surface area contributed by atoms with E-state index in [2.05, 4.69) is 12.0 Å². The SMILES string of the molecule is CCc1[nH]n(C2CC2)c(=O)c1CCCN. The van der Waals surface area contributed by atoms with Gasteiger partial charge in [0.05, 0.1) is 6.04 Å². The number of nitrogens with zero attached hydrogens (tertiary/aromatic N) is 1. The van der Waals surface area contributed by atoms with Crippen molar-refractivity contribution in [2.75, 3.05) is 6.54 Å². The summed E-state index contributed by atoms with van der Waals surface area (Å²) in [5.41, 5.74) is 7.71. The molecule has 0 radical (unpaired) electrons. The van der Waals surface area contributed by atoms with Crippen molar-refractivity contribution in [3.8, 4) is 0 Å². The normalized spacial score (nSPS) is 15.9. The molecule has 0 bridgehead atoms. The second kappa shape index (κ2) is 4.23. The lowest BCUT2D eigenvalue weighted by Gasteiger charge is -1.96. The quantitative estimate of drug-likeness (QED) is 0.758. The predicted molar refractivity (Wildman–Crippen MR) is 60.1 cm³/mol. The summed E-state index contributed by atoms with van der Waals surface area (Å²) < 4.78 is 1.81. The minimum atomic E-state index is 0.183. The molecule has 15 heavy (non-hydrogen) atoms. The van der Waals surface area contributed by atoms with Crippen molar-refractivity contribution in [2.24, 2.45) is 5.73 Å². The average Bonchev–Trinajstić information content (AvgIpc) is 3.02.